The Balaban J connectivity index is 2.45. The van der Waals surface area contributed by atoms with E-state index in [9.17, 15) is 0 Å². The van der Waals surface area contributed by atoms with Gasteiger partial charge in [-0.15, -0.1) is 0 Å². The largest absolute Gasteiger partial charge is 0.420 e. The predicted octanol–water partition coefficient (Wildman–Crippen LogP) is 1.28. The van der Waals surface area contributed by atoms with Gasteiger partial charge in [0.2, 0.25) is 0 Å². The number of hydrogen-bond acceptors (Lipinski definition) is 3. The lowest BCUT2D eigenvalue weighted by Crippen LogP contribution is -2.49. The Bertz CT molecular complexity index is 209. The maximum absolute atomic E-state index is 6.06. The zero-order valence-electron chi connectivity index (χ0n) is 11.3. The van der Waals surface area contributed by atoms with E-state index in [4.69, 9.17) is 13.9 Å². The smallest absolute Gasteiger partial charge is 0.146 e. The molecule has 0 spiro atoms. The van der Waals surface area contributed by atoms with E-state index in [-0.39, 0.29) is 17.1 Å². The summed E-state index contributed by atoms with van der Waals surface area (Å²) in [5, 5.41) is 0. The van der Waals surface area contributed by atoms with Crippen LogP contribution < -0.4 is 0 Å². The van der Waals surface area contributed by atoms with Gasteiger partial charge in [0.25, 0.3) is 0 Å². The normalized spacial score (nSPS) is 21.8. The van der Waals surface area contributed by atoms with Gasteiger partial charge in [0.15, 0.2) is 0 Å². The fraction of sp³-hybridized carbons (Fsp3) is 1.00. The van der Waals surface area contributed by atoms with Crippen molar-refractivity contribution in [1.29, 1.82) is 0 Å². The summed E-state index contributed by atoms with van der Waals surface area (Å²) < 4.78 is 17.0. The van der Waals surface area contributed by atoms with E-state index in [1.54, 1.807) is 0 Å². The number of hydrogen-bond donors (Lipinski definition) is 0. The van der Waals surface area contributed by atoms with Gasteiger partial charge in [-0.25, -0.2) is 0 Å². The fourth-order valence-corrected chi connectivity index (χ4v) is 2.26. The minimum absolute atomic E-state index is 0.152. The molecule has 16 heavy (non-hydrogen) atoms. The molecule has 0 aromatic carbocycles. The first-order valence-electron chi connectivity index (χ1n) is 6.24. The van der Waals surface area contributed by atoms with Crippen LogP contribution in [0.5, 0.6) is 0 Å². The molecule has 1 heterocycles. The van der Waals surface area contributed by atoms with E-state index < -0.39 is 0 Å². The Kier molecular flexibility index (Phi) is 4.98. The molecule has 1 fully saturated rings. The molecule has 0 bridgehead atoms. The Morgan fingerprint density at radius 1 is 1.38 bits per heavy atom. The summed E-state index contributed by atoms with van der Waals surface area (Å²) in [5.41, 5.74) is 0.120. The van der Waals surface area contributed by atoms with Gasteiger partial charge in [0.1, 0.15) is 10.5 Å². The summed E-state index contributed by atoms with van der Waals surface area (Å²) in [6.45, 7) is 11.1. The molecule has 0 aromatic heterocycles. The van der Waals surface area contributed by atoms with Gasteiger partial charge in [-0.3, -0.25) is 0 Å². The molecule has 1 unspecified atom stereocenters. The van der Waals surface area contributed by atoms with E-state index in [0.29, 0.717) is 0 Å². The van der Waals surface area contributed by atoms with Crippen LogP contribution in [0.1, 0.15) is 40.5 Å². The second kappa shape index (κ2) is 5.62. The highest BCUT2D eigenvalue weighted by atomic mass is 28.2. The number of rotatable bonds is 7. The maximum Gasteiger partial charge on any atom is 0.146 e. The van der Waals surface area contributed by atoms with Crippen LogP contribution in [0.25, 0.3) is 0 Å². The second-order valence-corrected chi connectivity index (χ2v) is 5.77. The average molecular weight is 246 g/mol. The molecule has 1 saturated heterocycles. The van der Waals surface area contributed by atoms with Crippen molar-refractivity contribution in [2.45, 2.75) is 52.2 Å². The SMILES string of the molecule is CCC(OCC1(CC)COC1)C(C)(C)O[SiH3]. The third-order valence-electron chi connectivity index (χ3n) is 3.83. The molecular formula is C12H26O3Si. The van der Waals surface area contributed by atoms with Gasteiger partial charge < -0.3 is 13.9 Å². The molecule has 0 amide bonds. The van der Waals surface area contributed by atoms with Crippen molar-refractivity contribution >= 4 is 10.5 Å². The predicted molar refractivity (Wildman–Crippen MR) is 68.7 cm³/mol. The molecule has 0 aliphatic carbocycles. The Morgan fingerprint density at radius 3 is 2.31 bits per heavy atom. The van der Waals surface area contributed by atoms with Crippen LogP contribution in [0, 0.1) is 5.41 Å². The van der Waals surface area contributed by atoms with Crippen LogP contribution in [0.4, 0.5) is 0 Å². The van der Waals surface area contributed by atoms with Crippen molar-refractivity contribution in [2.75, 3.05) is 19.8 Å². The third kappa shape index (κ3) is 3.06. The topological polar surface area (TPSA) is 27.7 Å². The van der Waals surface area contributed by atoms with E-state index in [1.165, 1.54) is 0 Å². The van der Waals surface area contributed by atoms with Crippen LogP contribution >= 0.6 is 0 Å². The minimum Gasteiger partial charge on any atom is -0.420 e. The second-order valence-electron chi connectivity index (χ2n) is 5.36. The molecule has 1 rings (SSSR count). The van der Waals surface area contributed by atoms with Crippen LogP contribution in [-0.2, 0) is 13.9 Å². The lowest BCUT2D eigenvalue weighted by atomic mass is 9.84. The molecule has 1 aliphatic rings. The third-order valence-corrected chi connectivity index (χ3v) is 4.88. The van der Waals surface area contributed by atoms with Crippen molar-refractivity contribution in [1.82, 2.24) is 0 Å². The monoisotopic (exact) mass is 246 g/mol. The first-order chi connectivity index (χ1) is 7.49. The molecule has 0 N–H and O–H groups in total. The van der Waals surface area contributed by atoms with Crippen molar-refractivity contribution in [3.05, 3.63) is 0 Å². The molecule has 0 saturated carbocycles. The molecule has 96 valence electrons. The van der Waals surface area contributed by atoms with Crippen molar-refractivity contribution in [2.24, 2.45) is 5.41 Å². The van der Waals surface area contributed by atoms with Crippen molar-refractivity contribution < 1.29 is 13.9 Å². The minimum atomic E-state index is -0.152. The lowest BCUT2D eigenvalue weighted by molar-refractivity contribution is -0.178. The molecule has 4 heteroatoms. The first-order valence-corrected chi connectivity index (χ1v) is 7.06. The summed E-state index contributed by atoms with van der Waals surface area (Å²) in [7, 11) is 0.757. The fourth-order valence-electron chi connectivity index (χ4n) is 2.00. The van der Waals surface area contributed by atoms with Gasteiger partial charge >= 0.3 is 0 Å². The zero-order chi connectivity index (χ0) is 12.2. The molecule has 1 atom stereocenters. The molecule has 0 radical (unpaired) electrons. The Labute approximate surface area is 102 Å². The lowest BCUT2D eigenvalue weighted by Gasteiger charge is -2.43. The highest BCUT2D eigenvalue weighted by Gasteiger charge is 2.39. The summed E-state index contributed by atoms with van der Waals surface area (Å²) in [5.74, 6) is 0. The number of ether oxygens (including phenoxy) is 2. The summed E-state index contributed by atoms with van der Waals surface area (Å²) in [6.07, 6.45) is 2.32. The van der Waals surface area contributed by atoms with E-state index in [0.717, 1.165) is 43.1 Å². The first kappa shape index (κ1) is 14.2. The summed E-state index contributed by atoms with van der Waals surface area (Å²) >= 11 is 0. The van der Waals surface area contributed by atoms with Crippen LogP contribution in [0.15, 0.2) is 0 Å². The molecule has 0 aromatic rings. The van der Waals surface area contributed by atoms with E-state index >= 15 is 0 Å². The maximum atomic E-state index is 6.06. The average Bonchev–Trinajstić information content (AvgIpc) is 2.22. The van der Waals surface area contributed by atoms with Gasteiger partial charge in [-0.1, -0.05) is 13.8 Å². The molecule has 1 aliphatic heterocycles. The molecule has 3 nitrogen and oxygen atoms in total. The van der Waals surface area contributed by atoms with Gasteiger partial charge in [-0.2, -0.15) is 0 Å². The van der Waals surface area contributed by atoms with Crippen molar-refractivity contribution in [3.63, 3.8) is 0 Å². The summed E-state index contributed by atoms with van der Waals surface area (Å²) in [4.78, 5) is 0. The van der Waals surface area contributed by atoms with E-state index in [1.807, 2.05) is 0 Å². The highest BCUT2D eigenvalue weighted by molar-refractivity contribution is 5.98. The van der Waals surface area contributed by atoms with Crippen LogP contribution in [-0.4, -0.2) is 42.0 Å². The van der Waals surface area contributed by atoms with Crippen LogP contribution in [0.3, 0.4) is 0 Å². The highest BCUT2D eigenvalue weighted by Crippen LogP contribution is 2.33. The quantitative estimate of drug-likeness (QED) is 0.634. The van der Waals surface area contributed by atoms with Gasteiger partial charge in [0, 0.05) is 5.41 Å². The van der Waals surface area contributed by atoms with Crippen LogP contribution in [0.2, 0.25) is 0 Å². The van der Waals surface area contributed by atoms with Crippen molar-refractivity contribution in [3.8, 4) is 0 Å². The zero-order valence-corrected chi connectivity index (χ0v) is 13.3. The standard InChI is InChI=1S/C12H26O3Si/c1-5-10(11(3,4)15-16)14-9-12(6-2)7-13-8-12/h10H,5-9H2,1-4,16H3. The van der Waals surface area contributed by atoms with Gasteiger partial charge in [0.05, 0.1) is 31.5 Å². The Morgan fingerprint density at radius 2 is 2.00 bits per heavy atom. The van der Waals surface area contributed by atoms with E-state index in [2.05, 4.69) is 27.7 Å². The molecular weight excluding hydrogens is 220 g/mol. The van der Waals surface area contributed by atoms with Gasteiger partial charge in [-0.05, 0) is 26.7 Å². The Hall–Kier alpha value is 0.0969. The summed E-state index contributed by atoms with van der Waals surface area (Å²) in [6, 6.07) is 0.